The maximum absolute atomic E-state index is 13.3. The molecule has 1 amide bonds. The largest absolute Gasteiger partial charge is 0.411 e. The van der Waals surface area contributed by atoms with E-state index in [9.17, 15) is 22.4 Å². The van der Waals surface area contributed by atoms with Crippen LogP contribution in [0.4, 0.5) is 23.2 Å². The van der Waals surface area contributed by atoms with Gasteiger partial charge in [-0.15, -0.1) is 0 Å². The van der Waals surface area contributed by atoms with Crippen molar-refractivity contribution in [1.29, 1.82) is 0 Å². The number of nitrogens with two attached hydrogens (primary N) is 1. The van der Waals surface area contributed by atoms with Crippen LogP contribution in [0.2, 0.25) is 0 Å². The van der Waals surface area contributed by atoms with Crippen molar-refractivity contribution in [1.82, 2.24) is 5.32 Å². The van der Waals surface area contributed by atoms with E-state index in [2.05, 4.69) is 0 Å². The van der Waals surface area contributed by atoms with Crippen LogP contribution < -0.4 is 11.1 Å². The zero-order valence-electron chi connectivity index (χ0n) is 9.14. The normalized spacial score (nSPS) is 17.3. The number of benzene rings is 1. The number of alkyl halides is 3. The predicted octanol–water partition coefficient (Wildman–Crippen LogP) is 2.23. The summed E-state index contributed by atoms with van der Waals surface area (Å²) >= 11 is 0. The highest BCUT2D eigenvalue weighted by molar-refractivity contribution is 5.96. The van der Waals surface area contributed by atoms with Crippen molar-refractivity contribution >= 4 is 11.6 Å². The van der Waals surface area contributed by atoms with E-state index in [1.807, 2.05) is 5.32 Å². The Balaban J connectivity index is 2.21. The van der Waals surface area contributed by atoms with Gasteiger partial charge in [-0.25, -0.2) is 4.39 Å². The van der Waals surface area contributed by atoms with Crippen LogP contribution >= 0.6 is 0 Å². The molecule has 1 aromatic rings. The molecule has 18 heavy (non-hydrogen) atoms. The fourth-order valence-electron chi connectivity index (χ4n) is 1.61. The van der Waals surface area contributed by atoms with Crippen LogP contribution in [0.1, 0.15) is 23.2 Å². The molecule has 98 valence electrons. The minimum Gasteiger partial charge on any atom is -0.399 e. The highest BCUT2D eigenvalue weighted by Crippen LogP contribution is 2.49. The first-order chi connectivity index (χ1) is 8.25. The SMILES string of the molecule is Nc1ccc(F)c(C(=O)NC2(C(F)(F)F)CC2)c1. The smallest absolute Gasteiger partial charge is 0.399 e. The molecule has 7 heteroatoms. The number of nitrogen functional groups attached to an aromatic ring is 1. The number of hydrogen-bond acceptors (Lipinski definition) is 2. The van der Waals surface area contributed by atoms with Gasteiger partial charge < -0.3 is 11.1 Å². The Bertz CT molecular complexity index is 494. The summed E-state index contributed by atoms with van der Waals surface area (Å²) in [6, 6.07) is 3.18. The average molecular weight is 262 g/mol. The highest BCUT2D eigenvalue weighted by atomic mass is 19.4. The van der Waals surface area contributed by atoms with E-state index in [-0.39, 0.29) is 18.5 Å². The molecular weight excluding hydrogens is 252 g/mol. The van der Waals surface area contributed by atoms with Gasteiger partial charge in [0.05, 0.1) is 5.56 Å². The average Bonchev–Trinajstić information content (AvgIpc) is 3.01. The zero-order chi connectivity index (χ0) is 13.6. The lowest BCUT2D eigenvalue weighted by atomic mass is 10.1. The molecular formula is C11H10F4N2O. The first-order valence-corrected chi connectivity index (χ1v) is 5.19. The summed E-state index contributed by atoms with van der Waals surface area (Å²) in [5.41, 5.74) is 2.78. The van der Waals surface area contributed by atoms with Crippen LogP contribution in [0.3, 0.4) is 0 Å². The molecule has 1 saturated carbocycles. The molecule has 0 unspecified atom stereocenters. The number of halogens is 4. The minimum absolute atomic E-state index is 0.110. The number of carbonyl (C=O) groups excluding carboxylic acids is 1. The van der Waals surface area contributed by atoms with Gasteiger partial charge in [-0.2, -0.15) is 13.2 Å². The van der Waals surface area contributed by atoms with Crippen molar-refractivity contribution in [3.8, 4) is 0 Å². The maximum atomic E-state index is 13.3. The molecule has 1 aliphatic carbocycles. The first-order valence-electron chi connectivity index (χ1n) is 5.19. The molecule has 2 rings (SSSR count). The molecule has 0 bridgehead atoms. The van der Waals surface area contributed by atoms with E-state index in [0.29, 0.717) is 0 Å². The molecule has 3 N–H and O–H groups in total. The summed E-state index contributed by atoms with van der Waals surface area (Å²) in [6.07, 6.45) is -4.90. The first kappa shape index (κ1) is 12.7. The van der Waals surface area contributed by atoms with E-state index in [1.54, 1.807) is 0 Å². The van der Waals surface area contributed by atoms with E-state index < -0.39 is 29.0 Å². The predicted molar refractivity (Wildman–Crippen MR) is 56.3 cm³/mol. The maximum Gasteiger partial charge on any atom is 0.411 e. The summed E-state index contributed by atoms with van der Waals surface area (Å²) < 4.78 is 51.2. The molecule has 0 spiro atoms. The summed E-state index contributed by atoms with van der Waals surface area (Å²) in [4.78, 5) is 11.6. The molecule has 0 radical (unpaired) electrons. The van der Waals surface area contributed by atoms with Crippen molar-refractivity contribution in [3.63, 3.8) is 0 Å². The van der Waals surface area contributed by atoms with Crippen LogP contribution in [-0.4, -0.2) is 17.6 Å². The number of rotatable bonds is 2. The lowest BCUT2D eigenvalue weighted by molar-refractivity contribution is -0.163. The second-order valence-electron chi connectivity index (χ2n) is 4.27. The molecule has 0 aromatic heterocycles. The third-order valence-electron chi connectivity index (χ3n) is 2.88. The van der Waals surface area contributed by atoms with Gasteiger partial charge >= 0.3 is 6.18 Å². The molecule has 0 saturated heterocycles. The Labute approximate surface area is 100.0 Å². The third kappa shape index (κ3) is 2.12. The van der Waals surface area contributed by atoms with Crippen LogP contribution in [-0.2, 0) is 0 Å². The Morgan fingerprint density at radius 1 is 1.33 bits per heavy atom. The topological polar surface area (TPSA) is 55.1 Å². The number of amides is 1. The number of carbonyl (C=O) groups is 1. The number of anilines is 1. The Hall–Kier alpha value is -1.79. The fourth-order valence-corrected chi connectivity index (χ4v) is 1.61. The standard InChI is InChI=1S/C11H10F4N2O/c12-8-2-1-6(16)5-7(8)9(18)17-10(3-4-10)11(13,14)15/h1-2,5H,3-4,16H2,(H,17,18). The van der Waals surface area contributed by atoms with Crippen LogP contribution in [0.5, 0.6) is 0 Å². The van der Waals surface area contributed by atoms with Gasteiger partial charge in [0.1, 0.15) is 11.4 Å². The Morgan fingerprint density at radius 2 is 1.94 bits per heavy atom. The number of hydrogen-bond donors (Lipinski definition) is 2. The molecule has 0 atom stereocenters. The van der Waals surface area contributed by atoms with Gasteiger partial charge in [0.2, 0.25) is 0 Å². The zero-order valence-corrected chi connectivity index (χ0v) is 9.14. The van der Waals surface area contributed by atoms with Gasteiger partial charge in [-0.1, -0.05) is 0 Å². The highest BCUT2D eigenvalue weighted by Gasteiger charge is 2.64. The van der Waals surface area contributed by atoms with Crippen LogP contribution in [0.25, 0.3) is 0 Å². The second kappa shape index (κ2) is 3.86. The summed E-state index contributed by atoms with van der Waals surface area (Å²) in [7, 11) is 0. The van der Waals surface area contributed by atoms with Crippen molar-refractivity contribution in [2.45, 2.75) is 24.6 Å². The van der Waals surface area contributed by atoms with E-state index in [0.717, 1.165) is 12.1 Å². The molecule has 0 aliphatic heterocycles. The van der Waals surface area contributed by atoms with Crippen molar-refractivity contribution in [2.75, 3.05) is 5.73 Å². The quantitative estimate of drug-likeness (QED) is 0.634. The van der Waals surface area contributed by atoms with Crippen molar-refractivity contribution < 1.29 is 22.4 Å². The summed E-state index contributed by atoms with van der Waals surface area (Å²) in [6.45, 7) is 0. The molecule has 1 aromatic carbocycles. The molecule has 1 fully saturated rings. The number of nitrogens with one attached hydrogen (secondary N) is 1. The summed E-state index contributed by atoms with van der Waals surface area (Å²) in [5.74, 6) is -2.01. The molecule has 3 nitrogen and oxygen atoms in total. The monoisotopic (exact) mass is 262 g/mol. The summed E-state index contributed by atoms with van der Waals surface area (Å²) in [5, 5.41) is 1.83. The molecule has 1 aliphatic rings. The second-order valence-corrected chi connectivity index (χ2v) is 4.27. The van der Waals surface area contributed by atoms with E-state index >= 15 is 0 Å². The fraction of sp³-hybridized carbons (Fsp3) is 0.364. The third-order valence-corrected chi connectivity index (χ3v) is 2.88. The van der Waals surface area contributed by atoms with Gasteiger partial charge in [0, 0.05) is 5.69 Å². The van der Waals surface area contributed by atoms with Crippen LogP contribution in [0.15, 0.2) is 18.2 Å². The Morgan fingerprint density at radius 3 is 2.44 bits per heavy atom. The van der Waals surface area contributed by atoms with Gasteiger partial charge in [0.25, 0.3) is 5.91 Å². The van der Waals surface area contributed by atoms with Crippen LogP contribution in [0, 0.1) is 5.82 Å². The van der Waals surface area contributed by atoms with Gasteiger partial charge in [-0.05, 0) is 31.0 Å². The van der Waals surface area contributed by atoms with E-state index in [4.69, 9.17) is 5.73 Å². The lowest BCUT2D eigenvalue weighted by Gasteiger charge is -2.20. The van der Waals surface area contributed by atoms with Gasteiger partial charge in [0.15, 0.2) is 0 Å². The molecule has 0 heterocycles. The Kier molecular flexibility index (Phi) is 2.71. The lowest BCUT2D eigenvalue weighted by Crippen LogP contribution is -2.48. The van der Waals surface area contributed by atoms with Crippen molar-refractivity contribution in [3.05, 3.63) is 29.6 Å². The van der Waals surface area contributed by atoms with Crippen molar-refractivity contribution in [2.24, 2.45) is 0 Å². The van der Waals surface area contributed by atoms with Gasteiger partial charge in [-0.3, -0.25) is 4.79 Å². The minimum atomic E-state index is -4.53. The van der Waals surface area contributed by atoms with E-state index in [1.165, 1.54) is 6.07 Å².